The van der Waals surface area contributed by atoms with Crippen molar-refractivity contribution in [3.63, 3.8) is 0 Å². The van der Waals surface area contributed by atoms with E-state index in [1.165, 1.54) is 0 Å². The number of aliphatic carboxylic acids is 1. The zero-order valence-electron chi connectivity index (χ0n) is 15.7. The Morgan fingerprint density at radius 3 is 2.50 bits per heavy atom. The van der Waals surface area contributed by atoms with Crippen LogP contribution in [0.1, 0.15) is 71.1 Å². The maximum atomic E-state index is 12.1. The highest BCUT2D eigenvalue weighted by Gasteiger charge is 2.39. The van der Waals surface area contributed by atoms with Gasteiger partial charge in [-0.3, -0.25) is 9.59 Å². The summed E-state index contributed by atoms with van der Waals surface area (Å²) in [5.41, 5.74) is 0. The summed E-state index contributed by atoms with van der Waals surface area (Å²) in [5, 5.41) is 38.0. The molecule has 0 heterocycles. The lowest BCUT2D eigenvalue weighted by molar-refractivity contribution is -0.137. The summed E-state index contributed by atoms with van der Waals surface area (Å²) in [4.78, 5) is 22.6. The van der Waals surface area contributed by atoms with Crippen molar-refractivity contribution in [3.8, 4) is 0 Å². The van der Waals surface area contributed by atoms with Crippen molar-refractivity contribution in [2.45, 2.75) is 89.4 Å². The van der Waals surface area contributed by atoms with Gasteiger partial charge in [0, 0.05) is 24.7 Å². The molecule has 0 radical (unpaired) electrons. The summed E-state index contributed by atoms with van der Waals surface area (Å²) in [5.74, 6) is -1.18. The molecule has 1 aliphatic rings. The second kappa shape index (κ2) is 12.2. The van der Waals surface area contributed by atoms with E-state index in [1.54, 1.807) is 19.1 Å². The fourth-order valence-corrected chi connectivity index (χ4v) is 3.56. The van der Waals surface area contributed by atoms with E-state index >= 15 is 0 Å². The smallest absolute Gasteiger partial charge is 0.303 e. The minimum atomic E-state index is -0.781. The molecule has 0 aliphatic heterocycles. The molecule has 4 N–H and O–H groups in total. The monoisotopic (exact) mass is 370 g/mol. The molecule has 1 aliphatic carbocycles. The Morgan fingerprint density at radius 1 is 1.15 bits per heavy atom. The normalized spacial score (nSPS) is 25.7. The molecule has 0 saturated heterocycles. The molecule has 0 aromatic heterocycles. The summed E-state index contributed by atoms with van der Waals surface area (Å²) >= 11 is 0. The Bertz CT molecular complexity index is 459. The van der Waals surface area contributed by atoms with E-state index in [9.17, 15) is 24.9 Å². The maximum Gasteiger partial charge on any atom is 0.303 e. The van der Waals surface area contributed by atoms with Crippen LogP contribution >= 0.6 is 0 Å². The summed E-state index contributed by atoms with van der Waals surface area (Å²) in [6.07, 6.45) is 7.88. The average molecular weight is 370 g/mol. The third-order valence-electron chi connectivity index (χ3n) is 5.07. The minimum Gasteiger partial charge on any atom is -0.481 e. The lowest BCUT2D eigenvalue weighted by atomic mass is 9.88. The summed E-state index contributed by atoms with van der Waals surface area (Å²) in [7, 11) is 0. The van der Waals surface area contributed by atoms with E-state index in [0.717, 1.165) is 25.7 Å². The molecule has 150 valence electrons. The van der Waals surface area contributed by atoms with Gasteiger partial charge in [0.2, 0.25) is 0 Å². The predicted octanol–water partition coefficient (Wildman–Crippen LogP) is 2.45. The average Bonchev–Trinajstić information content (AvgIpc) is 2.81. The summed E-state index contributed by atoms with van der Waals surface area (Å²) in [6, 6.07) is 0. The second-order valence-corrected chi connectivity index (χ2v) is 7.50. The number of carboxylic acids is 1. The highest BCUT2D eigenvalue weighted by atomic mass is 16.4. The Morgan fingerprint density at radius 2 is 1.85 bits per heavy atom. The Balaban J connectivity index is 2.39. The first-order chi connectivity index (χ1) is 12.3. The van der Waals surface area contributed by atoms with Gasteiger partial charge in [-0.15, -0.1) is 0 Å². The summed E-state index contributed by atoms with van der Waals surface area (Å²) in [6.45, 7) is 1.72. The standard InChI is InChI=1S/C20H34O6/c1-14(21)7-6-8-15(22)11-12-17-16(18(23)13-19(17)24)9-4-2-3-5-10-20(25)26/h11-12,14-17,19,21-22,24H,2-10,13H2,1H3,(H,25,26)/b12-11+/t14-,15?,16-,17-,19?/m1/s1. The van der Waals surface area contributed by atoms with E-state index in [2.05, 4.69) is 0 Å². The van der Waals surface area contributed by atoms with Gasteiger partial charge in [-0.2, -0.15) is 0 Å². The van der Waals surface area contributed by atoms with Gasteiger partial charge in [0.25, 0.3) is 0 Å². The third-order valence-corrected chi connectivity index (χ3v) is 5.07. The van der Waals surface area contributed by atoms with Gasteiger partial charge in [-0.25, -0.2) is 0 Å². The number of ketones is 1. The molecule has 1 saturated carbocycles. The molecule has 1 fully saturated rings. The highest BCUT2D eigenvalue weighted by Crippen LogP contribution is 2.34. The zero-order valence-corrected chi connectivity index (χ0v) is 15.7. The lowest BCUT2D eigenvalue weighted by Gasteiger charge is -2.18. The van der Waals surface area contributed by atoms with Crippen LogP contribution in [0.15, 0.2) is 12.2 Å². The molecule has 0 aromatic carbocycles. The Hall–Kier alpha value is -1.24. The van der Waals surface area contributed by atoms with Gasteiger partial charge in [-0.05, 0) is 39.0 Å². The van der Waals surface area contributed by atoms with Crippen LogP contribution in [-0.4, -0.2) is 50.5 Å². The van der Waals surface area contributed by atoms with Crippen LogP contribution in [0.5, 0.6) is 0 Å². The SMILES string of the molecule is C[C@@H](O)CCCC(O)/C=C/[C@H]1C(O)CC(=O)[C@@H]1CCCCCCC(=O)O. The number of aliphatic hydroxyl groups excluding tert-OH is 3. The van der Waals surface area contributed by atoms with Gasteiger partial charge in [-0.1, -0.05) is 31.4 Å². The molecule has 0 bridgehead atoms. The van der Waals surface area contributed by atoms with Gasteiger partial charge in [0.1, 0.15) is 5.78 Å². The number of hydrogen-bond donors (Lipinski definition) is 4. The molecule has 2 unspecified atom stereocenters. The molecule has 6 heteroatoms. The van der Waals surface area contributed by atoms with Crippen LogP contribution in [0.3, 0.4) is 0 Å². The molecule has 0 amide bonds. The highest BCUT2D eigenvalue weighted by molar-refractivity contribution is 5.84. The molecule has 6 nitrogen and oxygen atoms in total. The number of rotatable bonds is 13. The Labute approximate surface area is 155 Å². The fraction of sp³-hybridized carbons (Fsp3) is 0.800. The maximum absolute atomic E-state index is 12.1. The van der Waals surface area contributed by atoms with E-state index in [1.807, 2.05) is 0 Å². The fourth-order valence-electron chi connectivity index (χ4n) is 3.56. The van der Waals surface area contributed by atoms with Crippen molar-refractivity contribution in [1.82, 2.24) is 0 Å². The second-order valence-electron chi connectivity index (χ2n) is 7.50. The molecule has 0 spiro atoms. The van der Waals surface area contributed by atoms with Crippen molar-refractivity contribution < 1.29 is 30.0 Å². The molecular formula is C20H34O6. The van der Waals surface area contributed by atoms with Crippen molar-refractivity contribution in [2.75, 3.05) is 0 Å². The van der Waals surface area contributed by atoms with Gasteiger partial charge < -0.3 is 20.4 Å². The molecule has 0 aromatic rings. The number of carbonyl (C=O) groups is 2. The van der Waals surface area contributed by atoms with Gasteiger partial charge in [0.05, 0.1) is 18.3 Å². The molecule has 5 atom stereocenters. The third kappa shape index (κ3) is 8.92. The summed E-state index contributed by atoms with van der Waals surface area (Å²) < 4.78 is 0. The quantitative estimate of drug-likeness (QED) is 0.292. The number of carbonyl (C=O) groups excluding carboxylic acids is 1. The van der Waals surface area contributed by atoms with E-state index in [0.29, 0.717) is 25.7 Å². The number of Topliss-reactive ketones (excluding diaryl/α,β-unsaturated/α-hetero) is 1. The number of unbranched alkanes of at least 4 members (excludes halogenated alkanes) is 3. The van der Waals surface area contributed by atoms with Crippen molar-refractivity contribution in [1.29, 1.82) is 0 Å². The largest absolute Gasteiger partial charge is 0.481 e. The van der Waals surface area contributed by atoms with E-state index in [-0.39, 0.29) is 36.6 Å². The molecule has 1 rings (SSSR count). The van der Waals surface area contributed by atoms with Crippen LogP contribution < -0.4 is 0 Å². The number of aliphatic hydroxyl groups is 3. The van der Waals surface area contributed by atoms with Crippen molar-refractivity contribution in [2.24, 2.45) is 11.8 Å². The first kappa shape index (κ1) is 22.8. The van der Waals surface area contributed by atoms with Crippen LogP contribution in [0, 0.1) is 11.8 Å². The van der Waals surface area contributed by atoms with Crippen molar-refractivity contribution >= 4 is 11.8 Å². The Kier molecular flexibility index (Phi) is 10.7. The van der Waals surface area contributed by atoms with Crippen molar-refractivity contribution in [3.05, 3.63) is 12.2 Å². The van der Waals surface area contributed by atoms with Crippen LogP contribution in [-0.2, 0) is 9.59 Å². The first-order valence-corrected chi connectivity index (χ1v) is 9.78. The van der Waals surface area contributed by atoms with Crippen LogP contribution in [0.4, 0.5) is 0 Å². The molecular weight excluding hydrogens is 336 g/mol. The van der Waals surface area contributed by atoms with Gasteiger partial charge in [0.15, 0.2) is 0 Å². The zero-order chi connectivity index (χ0) is 19.5. The number of hydrogen-bond acceptors (Lipinski definition) is 5. The first-order valence-electron chi connectivity index (χ1n) is 9.78. The van der Waals surface area contributed by atoms with E-state index < -0.39 is 18.2 Å². The molecule has 26 heavy (non-hydrogen) atoms. The number of carboxylic acid groups (broad SMARTS) is 1. The predicted molar refractivity (Wildman–Crippen MR) is 98.6 cm³/mol. The van der Waals surface area contributed by atoms with Crippen LogP contribution in [0.2, 0.25) is 0 Å². The van der Waals surface area contributed by atoms with Crippen LogP contribution in [0.25, 0.3) is 0 Å². The minimum absolute atomic E-state index is 0.0706. The van der Waals surface area contributed by atoms with Gasteiger partial charge >= 0.3 is 5.97 Å². The van der Waals surface area contributed by atoms with E-state index in [4.69, 9.17) is 5.11 Å². The lowest BCUT2D eigenvalue weighted by Crippen LogP contribution is -2.19. The topological polar surface area (TPSA) is 115 Å².